The number of piperazine rings is 1. The minimum Gasteiger partial charge on any atom is -0.394 e. The molecule has 0 atom stereocenters. The van der Waals surface area contributed by atoms with Crippen LogP contribution < -0.4 is 5.32 Å². The molecule has 0 unspecified atom stereocenters. The lowest BCUT2D eigenvalue weighted by molar-refractivity contribution is -0.153. The summed E-state index contributed by atoms with van der Waals surface area (Å²) in [5.74, 6) is -1.42. The van der Waals surface area contributed by atoms with Gasteiger partial charge >= 0.3 is 17.8 Å². The molecule has 2 rings (SSSR count). The number of rotatable bonds is 6. The van der Waals surface area contributed by atoms with Crippen LogP contribution in [0.15, 0.2) is 0 Å². The standard InChI is InChI=1S/C15H25N3O5/c1-2-17-7-8-18(13(21)12(17)20)14(22)16-11-15(23-10-9-19)5-3-4-6-15/h19H,2-11H2,1H3,(H,16,22). The fraction of sp³-hybridized carbons (Fsp3) is 0.800. The molecule has 1 saturated heterocycles. The lowest BCUT2D eigenvalue weighted by atomic mass is 10.0. The summed E-state index contributed by atoms with van der Waals surface area (Å²) in [6, 6.07) is -0.557. The quantitative estimate of drug-likeness (QED) is 0.653. The fourth-order valence-corrected chi connectivity index (χ4v) is 3.16. The van der Waals surface area contributed by atoms with Gasteiger partial charge in [-0.3, -0.25) is 14.5 Å². The van der Waals surface area contributed by atoms with Crippen LogP contribution in [0.25, 0.3) is 0 Å². The molecule has 0 aromatic carbocycles. The molecular weight excluding hydrogens is 302 g/mol. The third kappa shape index (κ3) is 4.00. The number of likely N-dealkylation sites (N-methyl/N-ethyl adjacent to an activating group) is 1. The molecule has 1 saturated carbocycles. The van der Waals surface area contributed by atoms with Gasteiger partial charge in [0.2, 0.25) is 0 Å². The number of hydrogen-bond acceptors (Lipinski definition) is 5. The fourth-order valence-electron chi connectivity index (χ4n) is 3.16. The van der Waals surface area contributed by atoms with Gasteiger partial charge in [-0.05, 0) is 19.8 Å². The van der Waals surface area contributed by atoms with Crippen molar-refractivity contribution >= 4 is 17.8 Å². The number of urea groups is 1. The van der Waals surface area contributed by atoms with Gasteiger partial charge in [0, 0.05) is 26.2 Å². The second-order valence-corrected chi connectivity index (χ2v) is 5.96. The van der Waals surface area contributed by atoms with E-state index in [0.29, 0.717) is 13.1 Å². The Balaban J connectivity index is 1.91. The van der Waals surface area contributed by atoms with Crippen LogP contribution in [0.1, 0.15) is 32.6 Å². The zero-order valence-electron chi connectivity index (χ0n) is 13.5. The first-order valence-electron chi connectivity index (χ1n) is 8.16. The maximum atomic E-state index is 12.2. The highest BCUT2D eigenvalue weighted by molar-refractivity contribution is 6.38. The van der Waals surface area contributed by atoms with Crippen molar-refractivity contribution in [2.24, 2.45) is 0 Å². The number of nitrogens with one attached hydrogen (secondary N) is 1. The number of aliphatic hydroxyl groups is 1. The van der Waals surface area contributed by atoms with Gasteiger partial charge < -0.3 is 20.1 Å². The predicted octanol–water partition coefficient (Wildman–Crippen LogP) is -0.292. The Hall–Kier alpha value is -1.67. The number of nitrogens with zero attached hydrogens (tertiary/aromatic N) is 2. The molecular formula is C15H25N3O5. The average molecular weight is 327 g/mol. The summed E-state index contributed by atoms with van der Waals surface area (Å²) >= 11 is 0. The van der Waals surface area contributed by atoms with E-state index in [-0.39, 0.29) is 26.3 Å². The highest BCUT2D eigenvalue weighted by Crippen LogP contribution is 2.32. The van der Waals surface area contributed by atoms with Gasteiger partial charge in [-0.1, -0.05) is 12.8 Å². The van der Waals surface area contributed by atoms with Gasteiger partial charge in [0.25, 0.3) is 0 Å². The molecule has 8 heteroatoms. The van der Waals surface area contributed by atoms with E-state index in [4.69, 9.17) is 9.84 Å². The first-order chi connectivity index (χ1) is 11.0. The highest BCUT2D eigenvalue weighted by atomic mass is 16.5. The normalized spacial score (nSPS) is 21.0. The molecule has 0 spiro atoms. The minimum atomic E-state index is -0.785. The van der Waals surface area contributed by atoms with Crippen molar-refractivity contribution in [2.45, 2.75) is 38.2 Å². The highest BCUT2D eigenvalue weighted by Gasteiger charge is 2.38. The molecule has 0 bridgehead atoms. The van der Waals surface area contributed by atoms with Crippen LogP contribution in [-0.4, -0.2) is 77.7 Å². The molecule has 0 radical (unpaired) electrons. The van der Waals surface area contributed by atoms with Gasteiger partial charge in [-0.2, -0.15) is 0 Å². The van der Waals surface area contributed by atoms with Gasteiger partial charge in [-0.25, -0.2) is 4.79 Å². The van der Waals surface area contributed by atoms with Crippen LogP contribution in [0.2, 0.25) is 0 Å². The third-order valence-corrected chi connectivity index (χ3v) is 4.51. The molecule has 0 aromatic heterocycles. The molecule has 1 aliphatic heterocycles. The average Bonchev–Trinajstić information content (AvgIpc) is 3.02. The summed E-state index contributed by atoms with van der Waals surface area (Å²) in [7, 11) is 0. The second kappa shape index (κ2) is 7.74. The van der Waals surface area contributed by atoms with Crippen molar-refractivity contribution in [1.29, 1.82) is 0 Å². The number of carbonyl (C=O) groups is 3. The molecule has 0 aromatic rings. The number of ether oxygens (including phenoxy) is 1. The largest absolute Gasteiger partial charge is 0.394 e. The summed E-state index contributed by atoms with van der Waals surface area (Å²) in [5.41, 5.74) is -0.476. The predicted molar refractivity (Wildman–Crippen MR) is 81.6 cm³/mol. The van der Waals surface area contributed by atoms with Crippen LogP contribution in [0.3, 0.4) is 0 Å². The number of aliphatic hydroxyl groups excluding tert-OH is 1. The minimum absolute atomic E-state index is 0.0678. The van der Waals surface area contributed by atoms with Gasteiger partial charge in [0.1, 0.15) is 0 Å². The van der Waals surface area contributed by atoms with Crippen LogP contribution >= 0.6 is 0 Å². The molecule has 2 aliphatic rings. The number of imide groups is 1. The number of hydrogen-bond donors (Lipinski definition) is 2. The van der Waals surface area contributed by atoms with Crippen LogP contribution in [0, 0.1) is 0 Å². The van der Waals surface area contributed by atoms with Crippen molar-refractivity contribution in [2.75, 3.05) is 39.4 Å². The second-order valence-electron chi connectivity index (χ2n) is 5.96. The lowest BCUT2D eigenvalue weighted by Gasteiger charge is -2.34. The Kier molecular flexibility index (Phi) is 5.95. The topological polar surface area (TPSA) is 99.2 Å². The monoisotopic (exact) mass is 327 g/mol. The Bertz CT molecular complexity index is 462. The van der Waals surface area contributed by atoms with E-state index < -0.39 is 23.4 Å². The van der Waals surface area contributed by atoms with Crippen molar-refractivity contribution in [3.63, 3.8) is 0 Å². The van der Waals surface area contributed by atoms with Crippen LogP contribution in [0.5, 0.6) is 0 Å². The van der Waals surface area contributed by atoms with Crippen LogP contribution in [0.4, 0.5) is 4.79 Å². The van der Waals surface area contributed by atoms with E-state index >= 15 is 0 Å². The van der Waals surface area contributed by atoms with Crippen molar-refractivity contribution in [3.05, 3.63) is 0 Å². The zero-order valence-corrected chi connectivity index (χ0v) is 13.5. The Labute approximate surface area is 135 Å². The summed E-state index contributed by atoms with van der Waals surface area (Å²) in [6.45, 7) is 3.25. The summed E-state index contributed by atoms with van der Waals surface area (Å²) < 4.78 is 5.72. The van der Waals surface area contributed by atoms with Crippen molar-refractivity contribution < 1.29 is 24.2 Å². The summed E-state index contributed by atoms with van der Waals surface area (Å²) in [4.78, 5) is 38.5. The molecule has 1 heterocycles. The molecule has 23 heavy (non-hydrogen) atoms. The first-order valence-corrected chi connectivity index (χ1v) is 8.16. The molecule has 130 valence electrons. The van der Waals surface area contributed by atoms with E-state index in [9.17, 15) is 14.4 Å². The van der Waals surface area contributed by atoms with Crippen molar-refractivity contribution in [3.8, 4) is 0 Å². The van der Waals surface area contributed by atoms with E-state index in [1.807, 2.05) is 0 Å². The van der Waals surface area contributed by atoms with E-state index in [0.717, 1.165) is 30.6 Å². The molecule has 4 amide bonds. The summed E-state index contributed by atoms with van der Waals surface area (Å²) in [5, 5.41) is 11.6. The molecule has 1 aliphatic carbocycles. The van der Waals surface area contributed by atoms with Gasteiger partial charge in [-0.15, -0.1) is 0 Å². The number of carbonyl (C=O) groups excluding carboxylic acids is 3. The SMILES string of the molecule is CCN1CCN(C(=O)NCC2(OCCO)CCCC2)C(=O)C1=O. The van der Waals surface area contributed by atoms with E-state index in [1.165, 1.54) is 4.90 Å². The zero-order chi connectivity index (χ0) is 16.9. The third-order valence-electron chi connectivity index (χ3n) is 4.51. The molecule has 2 fully saturated rings. The van der Waals surface area contributed by atoms with E-state index in [1.54, 1.807) is 6.92 Å². The Morgan fingerprint density at radius 3 is 2.57 bits per heavy atom. The molecule has 2 N–H and O–H groups in total. The maximum Gasteiger partial charge on any atom is 0.324 e. The van der Waals surface area contributed by atoms with Gasteiger partial charge in [0.05, 0.1) is 18.8 Å². The van der Waals surface area contributed by atoms with Crippen molar-refractivity contribution in [1.82, 2.24) is 15.1 Å². The summed E-state index contributed by atoms with van der Waals surface area (Å²) in [6.07, 6.45) is 3.63. The molecule has 8 nitrogen and oxygen atoms in total. The number of amides is 4. The Morgan fingerprint density at radius 1 is 1.26 bits per heavy atom. The smallest absolute Gasteiger partial charge is 0.324 e. The first kappa shape index (κ1) is 17.7. The Morgan fingerprint density at radius 2 is 1.96 bits per heavy atom. The van der Waals surface area contributed by atoms with E-state index in [2.05, 4.69) is 5.32 Å². The van der Waals surface area contributed by atoms with Crippen LogP contribution in [-0.2, 0) is 14.3 Å². The lowest BCUT2D eigenvalue weighted by Crippen LogP contribution is -2.59. The van der Waals surface area contributed by atoms with Gasteiger partial charge in [0.15, 0.2) is 0 Å². The maximum absolute atomic E-state index is 12.2.